The van der Waals surface area contributed by atoms with Crippen molar-refractivity contribution in [2.75, 3.05) is 13.2 Å². The maximum Gasteiger partial charge on any atom is 0.306 e. The fourth-order valence-corrected chi connectivity index (χ4v) is 6.78. The summed E-state index contributed by atoms with van der Waals surface area (Å²) >= 11 is 0. The molecule has 0 bridgehead atoms. The molecule has 0 rings (SSSR count). The molecule has 0 radical (unpaired) electrons. The minimum Gasteiger partial charge on any atom is -0.462 e. The largest absolute Gasteiger partial charge is 0.462 e. The zero-order valence-electron chi connectivity index (χ0n) is 38.8. The fourth-order valence-electron chi connectivity index (χ4n) is 6.78. The first-order chi connectivity index (χ1) is 29.0. The Hall–Kier alpha value is -2.89. The van der Waals surface area contributed by atoms with E-state index in [-0.39, 0.29) is 31.1 Å². The summed E-state index contributed by atoms with van der Waals surface area (Å²) in [5.74, 6) is -0.938. The first kappa shape index (κ1) is 56.1. The molecule has 0 aliphatic carbocycles. The monoisotopic (exact) mass is 825 g/mol. The summed E-state index contributed by atoms with van der Waals surface area (Å²) in [6.45, 7) is 6.46. The summed E-state index contributed by atoms with van der Waals surface area (Å²) < 4.78 is 16.7. The Morgan fingerprint density at radius 3 is 1.12 bits per heavy atom. The summed E-state index contributed by atoms with van der Waals surface area (Å²) in [5, 5.41) is 0. The molecule has 59 heavy (non-hydrogen) atoms. The molecule has 0 aromatic carbocycles. The average Bonchev–Trinajstić information content (AvgIpc) is 3.23. The lowest BCUT2D eigenvalue weighted by molar-refractivity contribution is -0.167. The van der Waals surface area contributed by atoms with Gasteiger partial charge in [-0.25, -0.2) is 0 Å². The number of esters is 3. The van der Waals surface area contributed by atoms with Crippen molar-refractivity contribution in [3.05, 3.63) is 60.8 Å². The second-order valence-corrected chi connectivity index (χ2v) is 16.3. The molecule has 0 aliphatic heterocycles. The van der Waals surface area contributed by atoms with Gasteiger partial charge in [0.25, 0.3) is 0 Å². The molecular weight excluding hydrogens is 733 g/mol. The lowest BCUT2D eigenvalue weighted by Crippen LogP contribution is -2.30. The van der Waals surface area contributed by atoms with Gasteiger partial charge in [0.2, 0.25) is 0 Å². The Morgan fingerprint density at radius 1 is 0.356 bits per heavy atom. The number of rotatable bonds is 44. The predicted molar refractivity (Wildman–Crippen MR) is 251 cm³/mol. The van der Waals surface area contributed by atoms with E-state index in [1.54, 1.807) is 0 Å². The van der Waals surface area contributed by atoms with Gasteiger partial charge in [0, 0.05) is 19.3 Å². The van der Waals surface area contributed by atoms with Gasteiger partial charge in [0.1, 0.15) is 13.2 Å². The van der Waals surface area contributed by atoms with Crippen molar-refractivity contribution < 1.29 is 28.6 Å². The van der Waals surface area contributed by atoms with Crippen LogP contribution in [0.25, 0.3) is 0 Å². The van der Waals surface area contributed by atoms with Gasteiger partial charge in [0.05, 0.1) is 0 Å². The second-order valence-electron chi connectivity index (χ2n) is 16.3. The third-order valence-corrected chi connectivity index (χ3v) is 10.5. The highest BCUT2D eigenvalue weighted by atomic mass is 16.6. The van der Waals surface area contributed by atoms with Crippen LogP contribution in [0.5, 0.6) is 0 Å². The van der Waals surface area contributed by atoms with Crippen LogP contribution in [0.4, 0.5) is 0 Å². The Balaban J connectivity index is 4.44. The number of hydrogen-bond acceptors (Lipinski definition) is 6. The molecule has 340 valence electrons. The van der Waals surface area contributed by atoms with Crippen molar-refractivity contribution >= 4 is 17.9 Å². The minimum atomic E-state index is -0.790. The van der Waals surface area contributed by atoms with E-state index in [4.69, 9.17) is 14.2 Å². The highest BCUT2D eigenvalue weighted by Crippen LogP contribution is 2.15. The molecule has 0 spiro atoms. The number of allylic oxidation sites excluding steroid dienone is 10. The van der Waals surface area contributed by atoms with E-state index >= 15 is 0 Å². The quantitative estimate of drug-likeness (QED) is 0.0263. The summed E-state index contributed by atoms with van der Waals surface area (Å²) in [4.78, 5) is 37.9. The van der Waals surface area contributed by atoms with Crippen LogP contribution in [-0.4, -0.2) is 37.2 Å². The van der Waals surface area contributed by atoms with Crippen molar-refractivity contribution in [2.24, 2.45) is 0 Å². The fraction of sp³-hybridized carbons (Fsp3) is 0.755. The van der Waals surface area contributed by atoms with Crippen molar-refractivity contribution in [2.45, 2.75) is 245 Å². The van der Waals surface area contributed by atoms with E-state index in [2.05, 4.69) is 81.5 Å². The number of ether oxygens (including phenoxy) is 3. The lowest BCUT2D eigenvalue weighted by atomic mass is 10.0. The van der Waals surface area contributed by atoms with Crippen LogP contribution < -0.4 is 0 Å². The topological polar surface area (TPSA) is 78.9 Å². The Morgan fingerprint density at radius 2 is 0.661 bits per heavy atom. The zero-order valence-corrected chi connectivity index (χ0v) is 38.8. The van der Waals surface area contributed by atoms with Crippen LogP contribution >= 0.6 is 0 Å². The van der Waals surface area contributed by atoms with Gasteiger partial charge in [-0.05, 0) is 83.5 Å². The molecule has 6 heteroatoms. The smallest absolute Gasteiger partial charge is 0.306 e. The van der Waals surface area contributed by atoms with E-state index in [1.807, 2.05) is 0 Å². The van der Waals surface area contributed by atoms with Gasteiger partial charge in [-0.2, -0.15) is 0 Å². The van der Waals surface area contributed by atoms with E-state index in [0.29, 0.717) is 19.3 Å². The maximum atomic E-state index is 12.8. The van der Waals surface area contributed by atoms with E-state index in [1.165, 1.54) is 109 Å². The van der Waals surface area contributed by atoms with E-state index in [9.17, 15) is 14.4 Å². The summed E-state index contributed by atoms with van der Waals surface area (Å²) in [6.07, 6.45) is 57.7. The number of hydrogen-bond donors (Lipinski definition) is 0. The van der Waals surface area contributed by atoms with Crippen molar-refractivity contribution in [1.82, 2.24) is 0 Å². The third-order valence-electron chi connectivity index (χ3n) is 10.5. The standard InChI is InChI=1S/C53H92O6/c1-4-7-10-13-16-19-22-25-27-29-31-34-37-40-43-46-52(55)58-49-50(48-57-51(54)45-42-39-36-33-30-24-21-18-15-12-9-6-3)59-53(56)47-44-41-38-35-32-28-26-23-20-17-14-11-8-5-2/h7,10,16,18-19,21,25,27,31,34,50H,4-6,8-9,11-15,17,20,22-24,26,28-30,32-33,35-49H2,1-3H3/b10-7-,19-16-,21-18-,27-25-,34-31-/t50-/m1/s1. The van der Waals surface area contributed by atoms with Crippen LogP contribution in [0.2, 0.25) is 0 Å². The molecule has 0 aliphatic rings. The highest BCUT2D eigenvalue weighted by Gasteiger charge is 2.19. The van der Waals surface area contributed by atoms with Crippen molar-refractivity contribution in [3.8, 4) is 0 Å². The normalized spacial score (nSPS) is 12.5. The Kier molecular flexibility index (Phi) is 45.4. The summed E-state index contributed by atoms with van der Waals surface area (Å²) in [6, 6.07) is 0. The molecule has 6 nitrogen and oxygen atoms in total. The summed E-state index contributed by atoms with van der Waals surface area (Å²) in [7, 11) is 0. The molecule has 0 saturated carbocycles. The Labute approximate surface area is 364 Å². The van der Waals surface area contributed by atoms with Gasteiger partial charge >= 0.3 is 17.9 Å². The van der Waals surface area contributed by atoms with E-state index < -0.39 is 6.10 Å². The zero-order chi connectivity index (χ0) is 43.0. The lowest BCUT2D eigenvalue weighted by Gasteiger charge is -2.18. The SMILES string of the molecule is CC/C=C\C/C=C\C/C=C\C/C=C\CCCCC(=O)OC[C@@H](COC(=O)CCCCCCC/C=C\CCCCC)OC(=O)CCCCCCCCCCCCCCCC. The molecule has 0 unspecified atom stereocenters. The molecule has 0 aromatic heterocycles. The number of unbranched alkanes of at least 4 members (excludes halogenated alkanes) is 23. The van der Waals surface area contributed by atoms with Gasteiger partial charge in [0.15, 0.2) is 6.10 Å². The van der Waals surface area contributed by atoms with Crippen LogP contribution in [0, 0.1) is 0 Å². The van der Waals surface area contributed by atoms with Crippen LogP contribution in [-0.2, 0) is 28.6 Å². The molecule has 0 saturated heterocycles. The maximum absolute atomic E-state index is 12.8. The molecule has 0 aromatic rings. The summed E-state index contributed by atoms with van der Waals surface area (Å²) in [5.41, 5.74) is 0. The molecule has 0 fully saturated rings. The van der Waals surface area contributed by atoms with Gasteiger partial charge in [-0.1, -0.05) is 197 Å². The van der Waals surface area contributed by atoms with Gasteiger partial charge in [-0.3, -0.25) is 14.4 Å². The van der Waals surface area contributed by atoms with Crippen LogP contribution in [0.1, 0.15) is 239 Å². The van der Waals surface area contributed by atoms with Crippen molar-refractivity contribution in [1.29, 1.82) is 0 Å². The average molecular weight is 825 g/mol. The molecule has 0 N–H and O–H groups in total. The van der Waals surface area contributed by atoms with Crippen LogP contribution in [0.3, 0.4) is 0 Å². The first-order valence-corrected chi connectivity index (χ1v) is 24.8. The van der Waals surface area contributed by atoms with Crippen molar-refractivity contribution in [3.63, 3.8) is 0 Å². The third kappa shape index (κ3) is 46.0. The Bertz CT molecular complexity index is 1090. The molecule has 0 heterocycles. The molecular formula is C53H92O6. The van der Waals surface area contributed by atoms with Gasteiger partial charge in [-0.15, -0.1) is 0 Å². The molecule has 0 amide bonds. The second kappa shape index (κ2) is 47.8. The number of carbonyl (C=O) groups excluding carboxylic acids is 3. The highest BCUT2D eigenvalue weighted by molar-refractivity contribution is 5.71. The van der Waals surface area contributed by atoms with Gasteiger partial charge < -0.3 is 14.2 Å². The number of carbonyl (C=O) groups is 3. The van der Waals surface area contributed by atoms with E-state index in [0.717, 1.165) is 89.9 Å². The molecule has 1 atom stereocenters. The first-order valence-electron chi connectivity index (χ1n) is 24.8. The predicted octanol–water partition coefficient (Wildman–Crippen LogP) is 16.1. The minimum absolute atomic E-state index is 0.0903. The van der Waals surface area contributed by atoms with Crippen LogP contribution in [0.15, 0.2) is 60.8 Å².